The Kier molecular flexibility index (Phi) is 19.1. The molecule has 0 aromatic rings. The molecule has 1 unspecified atom stereocenters. The van der Waals surface area contributed by atoms with Crippen molar-refractivity contribution in [2.75, 3.05) is 13.2 Å². The summed E-state index contributed by atoms with van der Waals surface area (Å²) in [5.41, 5.74) is 2.44. The monoisotopic (exact) mass is 537 g/mol. The van der Waals surface area contributed by atoms with Crippen molar-refractivity contribution >= 4 is 21.4 Å². The average Bonchev–Trinajstić information content (AvgIpc) is 2.76. The molecule has 0 radical (unpaired) electrons. The third-order valence-corrected chi connectivity index (χ3v) is 16.6. The van der Waals surface area contributed by atoms with Crippen LogP contribution in [0.2, 0.25) is 21.3 Å². The van der Waals surface area contributed by atoms with Crippen molar-refractivity contribution in [3.8, 4) is 0 Å². The first-order valence-corrected chi connectivity index (χ1v) is 21.3. The topological polar surface area (TPSA) is 55.8 Å². The number of hydrogen-bond donors (Lipinski definition) is 1. The van der Waals surface area contributed by atoms with Crippen LogP contribution in [0.25, 0.3) is 0 Å². The zero-order valence-electron chi connectivity index (χ0n) is 21.5. The summed E-state index contributed by atoms with van der Waals surface area (Å²) in [6, 6.07) is 0. The van der Waals surface area contributed by atoms with Crippen molar-refractivity contribution in [3.63, 3.8) is 0 Å². The van der Waals surface area contributed by atoms with E-state index in [0.717, 1.165) is 18.1 Å². The molecule has 6 heteroatoms. The molecule has 1 fully saturated rings. The Bertz CT molecular complexity index is 469. The molecule has 1 saturated heterocycles. The van der Waals surface area contributed by atoms with E-state index in [4.69, 9.17) is 9.05 Å². The molecule has 0 aromatic carbocycles. The maximum absolute atomic E-state index is 12.1. The molecule has 1 aliphatic heterocycles. The molecule has 0 bridgehead atoms. The van der Waals surface area contributed by atoms with Crippen molar-refractivity contribution in [1.29, 1.82) is 0 Å². The van der Waals surface area contributed by atoms with E-state index in [1.54, 1.807) is 0 Å². The Hall–Kier alpha value is 0.668. The number of hydrogen-bond acceptors (Lipinski definition) is 3. The molecule has 4 nitrogen and oxygen atoms in total. The molecular formula is C26H55AsO4P+. The average molecular weight is 538 g/mol. The first-order chi connectivity index (χ1) is 15.5. The van der Waals surface area contributed by atoms with Gasteiger partial charge in [0.1, 0.15) is 0 Å². The molecule has 192 valence electrons. The fraction of sp³-hybridized carbons (Fsp3) is 1.00. The molecule has 1 aliphatic rings. The molecule has 0 aliphatic carbocycles. The zero-order chi connectivity index (χ0) is 23.4. The molecule has 0 spiro atoms. The van der Waals surface area contributed by atoms with Gasteiger partial charge < -0.3 is 0 Å². The van der Waals surface area contributed by atoms with Crippen LogP contribution in [-0.4, -0.2) is 31.7 Å². The molecule has 1 heterocycles. The Balaban J connectivity index is 1.82. The fourth-order valence-corrected chi connectivity index (χ4v) is 12.5. The van der Waals surface area contributed by atoms with Gasteiger partial charge in [-0.1, -0.05) is 71.1 Å². The van der Waals surface area contributed by atoms with Gasteiger partial charge in [0.2, 0.25) is 0 Å². The van der Waals surface area contributed by atoms with Crippen molar-refractivity contribution in [1.82, 2.24) is 0 Å². The van der Waals surface area contributed by atoms with Crippen LogP contribution in [0, 0.1) is 0 Å². The third-order valence-electron chi connectivity index (χ3n) is 7.03. The Morgan fingerprint density at radius 1 is 0.656 bits per heavy atom. The molecule has 1 rings (SSSR count). The second-order valence-corrected chi connectivity index (χ2v) is 21.4. The number of phosphoric ester groups is 1. The van der Waals surface area contributed by atoms with Crippen LogP contribution in [0.1, 0.15) is 129 Å². The Labute approximate surface area is 203 Å². The number of phosphoric acid groups is 1. The van der Waals surface area contributed by atoms with Gasteiger partial charge in [-0.25, -0.2) is 0 Å². The number of rotatable bonds is 22. The second kappa shape index (κ2) is 19.9. The minimum absolute atomic E-state index is 0.337. The van der Waals surface area contributed by atoms with Gasteiger partial charge >= 0.3 is 132 Å². The van der Waals surface area contributed by atoms with Crippen LogP contribution >= 0.6 is 7.82 Å². The fourth-order valence-electron chi connectivity index (χ4n) is 4.74. The summed E-state index contributed by atoms with van der Waals surface area (Å²) in [5, 5.41) is 3.76. The van der Waals surface area contributed by atoms with E-state index >= 15 is 0 Å². The van der Waals surface area contributed by atoms with Crippen LogP contribution in [0.5, 0.6) is 0 Å². The normalized spacial score (nSPS) is 18.0. The number of unbranched alkanes of at least 4 members (excludes halogenated alkanes) is 15. The second-order valence-electron chi connectivity index (χ2n) is 10.3. The molecule has 0 aromatic heterocycles. The predicted molar refractivity (Wildman–Crippen MR) is 141 cm³/mol. The molecule has 1 N–H and O–H groups in total. The van der Waals surface area contributed by atoms with Gasteiger partial charge in [-0.2, -0.15) is 0 Å². The van der Waals surface area contributed by atoms with E-state index in [9.17, 15) is 9.46 Å². The predicted octanol–water partition coefficient (Wildman–Crippen LogP) is 9.64. The van der Waals surface area contributed by atoms with E-state index in [1.165, 1.54) is 120 Å². The van der Waals surface area contributed by atoms with Crippen molar-refractivity contribution in [2.24, 2.45) is 0 Å². The van der Waals surface area contributed by atoms with Gasteiger partial charge in [-0.3, -0.25) is 0 Å². The molecule has 0 saturated carbocycles. The molecular weight excluding hydrogens is 482 g/mol. The Morgan fingerprint density at radius 3 is 1.53 bits per heavy atom. The van der Waals surface area contributed by atoms with Gasteiger partial charge in [-0.05, 0) is 0 Å². The van der Waals surface area contributed by atoms with Crippen molar-refractivity contribution < 1.29 is 18.5 Å². The van der Waals surface area contributed by atoms with Gasteiger partial charge in [0.05, 0.1) is 0 Å². The summed E-state index contributed by atoms with van der Waals surface area (Å²) < 4.78 is 22.5. The first kappa shape index (κ1) is 30.7. The van der Waals surface area contributed by atoms with Gasteiger partial charge in [0.25, 0.3) is 0 Å². The van der Waals surface area contributed by atoms with Crippen LogP contribution in [0.3, 0.4) is 0 Å². The van der Waals surface area contributed by atoms with Crippen molar-refractivity contribution in [3.05, 3.63) is 0 Å². The summed E-state index contributed by atoms with van der Waals surface area (Å²) in [7, 11) is -3.85. The summed E-state index contributed by atoms with van der Waals surface area (Å²) in [6.45, 7) is 3.01. The van der Waals surface area contributed by atoms with E-state index in [-0.39, 0.29) is 0 Å². The summed E-state index contributed by atoms with van der Waals surface area (Å²) >= 11 is -1.58. The van der Waals surface area contributed by atoms with Crippen LogP contribution in [-0.2, 0) is 13.6 Å². The van der Waals surface area contributed by atoms with Crippen LogP contribution in [0.15, 0.2) is 0 Å². The molecule has 1 atom stereocenters. The third kappa shape index (κ3) is 18.1. The van der Waals surface area contributed by atoms with Gasteiger partial charge in [-0.15, -0.1) is 0 Å². The Morgan fingerprint density at radius 2 is 1.06 bits per heavy atom. The van der Waals surface area contributed by atoms with Crippen LogP contribution in [0.4, 0.5) is 0 Å². The zero-order valence-corrected chi connectivity index (χ0v) is 24.3. The van der Waals surface area contributed by atoms with E-state index in [1.807, 2.05) is 0 Å². The SMILES string of the molecule is CCCCCCCCCCCCCCCCCCOP(=O)(O)OCC[As+]1(C)CCCCC1. The molecule has 0 amide bonds. The van der Waals surface area contributed by atoms with Crippen molar-refractivity contribution in [2.45, 2.75) is 150 Å². The maximum atomic E-state index is 12.1. The van der Waals surface area contributed by atoms with Gasteiger partial charge in [0.15, 0.2) is 0 Å². The minimum atomic E-state index is -3.85. The van der Waals surface area contributed by atoms with E-state index in [0.29, 0.717) is 13.2 Å². The van der Waals surface area contributed by atoms with E-state index < -0.39 is 21.4 Å². The summed E-state index contributed by atoms with van der Waals surface area (Å²) in [5.74, 6) is 0. The van der Waals surface area contributed by atoms with Crippen LogP contribution < -0.4 is 0 Å². The summed E-state index contributed by atoms with van der Waals surface area (Å²) in [6.07, 6.45) is 25.2. The standard InChI is InChI=1S/C26H54AsO4P/c1-3-4-5-6-7-8-9-10-11-12-13-14-15-16-17-21-25-30-32(28,29)31-26-24-27(2)22-19-18-20-23-27/h3-26H2,1-2H3/p+1. The molecule has 32 heavy (non-hydrogen) atoms. The van der Waals surface area contributed by atoms with Gasteiger partial charge in [0, 0.05) is 0 Å². The van der Waals surface area contributed by atoms with E-state index in [2.05, 4.69) is 12.6 Å². The quantitative estimate of drug-likeness (QED) is 0.0849. The first-order valence-electron chi connectivity index (χ1n) is 13.9. The summed E-state index contributed by atoms with van der Waals surface area (Å²) in [4.78, 5) is 9.88.